The number of halogens is 1. The normalized spacial score (nSPS) is 16.8. The first-order chi connectivity index (χ1) is 7.40. The van der Waals surface area contributed by atoms with Gasteiger partial charge in [-0.05, 0) is 37.0 Å². The Labute approximate surface area is 107 Å². The van der Waals surface area contributed by atoms with Crippen LogP contribution in [-0.2, 0) is 6.42 Å². The number of hydrogen-bond acceptors (Lipinski definition) is 4. The fourth-order valence-electron chi connectivity index (χ4n) is 1.89. The Morgan fingerprint density at radius 1 is 1.38 bits per heavy atom. The third kappa shape index (κ3) is 3.61. The van der Waals surface area contributed by atoms with Gasteiger partial charge in [-0.2, -0.15) is 11.8 Å². The Morgan fingerprint density at radius 2 is 2.12 bits per heavy atom. The van der Waals surface area contributed by atoms with E-state index in [9.17, 15) is 0 Å². The molecule has 5 heteroatoms. The van der Waals surface area contributed by atoms with E-state index in [1.165, 1.54) is 30.0 Å². The molecule has 1 saturated heterocycles. The van der Waals surface area contributed by atoms with Crippen LogP contribution in [0.15, 0.2) is 12.3 Å². The number of rotatable bonds is 3. The second kappa shape index (κ2) is 7.09. The molecule has 0 atom stereocenters. The molecule has 1 aromatic rings. The Bertz CT molecular complexity index is 316. The summed E-state index contributed by atoms with van der Waals surface area (Å²) in [6.45, 7) is 0.629. The van der Waals surface area contributed by atoms with Crippen molar-refractivity contribution in [2.75, 3.05) is 18.1 Å². The van der Waals surface area contributed by atoms with E-state index in [2.05, 4.69) is 16.0 Å². The minimum Gasteiger partial charge on any atom is -0.330 e. The fourth-order valence-corrected chi connectivity index (χ4v) is 2.99. The van der Waals surface area contributed by atoms with Crippen LogP contribution in [-0.4, -0.2) is 28.0 Å². The first-order valence-electron chi connectivity index (χ1n) is 5.50. The molecule has 2 N–H and O–H groups in total. The summed E-state index contributed by atoms with van der Waals surface area (Å²) in [5, 5.41) is 0. The molecule has 2 heterocycles. The van der Waals surface area contributed by atoms with Crippen molar-refractivity contribution in [3.63, 3.8) is 0 Å². The summed E-state index contributed by atoms with van der Waals surface area (Å²) in [7, 11) is 0. The highest BCUT2D eigenvalue weighted by Crippen LogP contribution is 2.30. The highest BCUT2D eigenvalue weighted by Gasteiger charge is 2.17. The van der Waals surface area contributed by atoms with Crippen molar-refractivity contribution in [1.82, 2.24) is 9.97 Å². The van der Waals surface area contributed by atoms with Crippen LogP contribution in [0, 0.1) is 0 Å². The average Bonchev–Trinajstić information content (AvgIpc) is 2.31. The predicted molar refractivity (Wildman–Crippen MR) is 71.3 cm³/mol. The highest BCUT2D eigenvalue weighted by atomic mass is 35.5. The molecular weight excluding hydrogens is 242 g/mol. The molecule has 0 aromatic carbocycles. The molecule has 0 spiro atoms. The third-order valence-corrected chi connectivity index (χ3v) is 3.78. The van der Waals surface area contributed by atoms with Crippen molar-refractivity contribution in [2.24, 2.45) is 5.73 Å². The van der Waals surface area contributed by atoms with Gasteiger partial charge in [0.2, 0.25) is 0 Å². The first-order valence-corrected chi connectivity index (χ1v) is 6.65. The van der Waals surface area contributed by atoms with Crippen LogP contribution in [0.2, 0.25) is 0 Å². The zero-order valence-corrected chi connectivity index (χ0v) is 10.9. The second-order valence-corrected chi connectivity index (χ2v) is 5.05. The number of nitrogens with two attached hydrogens (primary N) is 1. The Morgan fingerprint density at radius 3 is 2.81 bits per heavy atom. The van der Waals surface area contributed by atoms with Crippen molar-refractivity contribution in [3.8, 4) is 0 Å². The van der Waals surface area contributed by atoms with Crippen LogP contribution in [0.25, 0.3) is 0 Å². The maximum absolute atomic E-state index is 5.51. The summed E-state index contributed by atoms with van der Waals surface area (Å²) < 4.78 is 0. The molecule has 1 aliphatic rings. The second-order valence-electron chi connectivity index (χ2n) is 3.82. The summed E-state index contributed by atoms with van der Waals surface area (Å²) in [6, 6.07) is 2.06. The van der Waals surface area contributed by atoms with Crippen LogP contribution in [0.4, 0.5) is 0 Å². The molecule has 16 heavy (non-hydrogen) atoms. The summed E-state index contributed by atoms with van der Waals surface area (Å²) >= 11 is 2.04. The largest absolute Gasteiger partial charge is 0.330 e. The third-order valence-electron chi connectivity index (χ3n) is 2.73. The van der Waals surface area contributed by atoms with E-state index in [0.29, 0.717) is 12.5 Å². The molecule has 1 aliphatic heterocycles. The van der Waals surface area contributed by atoms with Gasteiger partial charge in [0.15, 0.2) is 0 Å². The van der Waals surface area contributed by atoms with Crippen LogP contribution >= 0.6 is 24.2 Å². The van der Waals surface area contributed by atoms with Gasteiger partial charge in [0.05, 0.1) is 0 Å². The molecule has 0 bridgehead atoms. The molecule has 0 saturated carbocycles. The van der Waals surface area contributed by atoms with Crippen molar-refractivity contribution in [3.05, 3.63) is 23.8 Å². The molecule has 90 valence electrons. The SMILES string of the molecule is Cl.NCCc1nccc(C2CCSCC2)n1. The maximum Gasteiger partial charge on any atom is 0.129 e. The lowest BCUT2D eigenvalue weighted by atomic mass is 9.98. The molecule has 0 amide bonds. The maximum atomic E-state index is 5.51. The smallest absolute Gasteiger partial charge is 0.129 e. The Kier molecular flexibility index (Phi) is 6.09. The lowest BCUT2D eigenvalue weighted by Crippen LogP contribution is -2.12. The van der Waals surface area contributed by atoms with Gasteiger partial charge in [-0.25, -0.2) is 9.97 Å². The van der Waals surface area contributed by atoms with Gasteiger partial charge in [0.25, 0.3) is 0 Å². The summed E-state index contributed by atoms with van der Waals surface area (Å²) in [5.41, 5.74) is 6.72. The van der Waals surface area contributed by atoms with Gasteiger partial charge in [-0.15, -0.1) is 12.4 Å². The van der Waals surface area contributed by atoms with E-state index in [-0.39, 0.29) is 12.4 Å². The monoisotopic (exact) mass is 259 g/mol. The Hall–Kier alpha value is -0.320. The fraction of sp³-hybridized carbons (Fsp3) is 0.636. The minimum atomic E-state index is 0. The molecule has 0 aliphatic carbocycles. The van der Waals surface area contributed by atoms with E-state index < -0.39 is 0 Å². The summed E-state index contributed by atoms with van der Waals surface area (Å²) in [5.74, 6) is 4.07. The summed E-state index contributed by atoms with van der Waals surface area (Å²) in [6.07, 6.45) is 5.16. The highest BCUT2D eigenvalue weighted by molar-refractivity contribution is 7.99. The van der Waals surface area contributed by atoms with E-state index in [1.807, 2.05) is 18.0 Å². The standard InChI is InChI=1S/C11H17N3S.ClH/c12-5-1-11-13-6-2-10(14-11)9-3-7-15-8-4-9;/h2,6,9H,1,3-5,7-8,12H2;1H. The van der Waals surface area contributed by atoms with Gasteiger partial charge in [-0.3, -0.25) is 0 Å². The van der Waals surface area contributed by atoms with Gasteiger partial charge < -0.3 is 5.73 Å². The first kappa shape index (κ1) is 13.7. The van der Waals surface area contributed by atoms with E-state index in [1.54, 1.807) is 0 Å². The zero-order chi connectivity index (χ0) is 10.5. The van der Waals surface area contributed by atoms with Crippen molar-refractivity contribution in [2.45, 2.75) is 25.2 Å². The quantitative estimate of drug-likeness (QED) is 0.902. The van der Waals surface area contributed by atoms with Gasteiger partial charge in [0, 0.05) is 24.2 Å². The molecule has 0 unspecified atom stereocenters. The molecule has 3 nitrogen and oxygen atoms in total. The number of aromatic nitrogens is 2. The van der Waals surface area contributed by atoms with Crippen molar-refractivity contribution >= 4 is 24.2 Å². The van der Waals surface area contributed by atoms with Gasteiger partial charge >= 0.3 is 0 Å². The van der Waals surface area contributed by atoms with Gasteiger partial charge in [-0.1, -0.05) is 0 Å². The predicted octanol–water partition coefficient (Wildman–Crippen LogP) is 2.01. The summed E-state index contributed by atoms with van der Waals surface area (Å²) in [4.78, 5) is 8.81. The molecular formula is C11H18ClN3S. The molecule has 2 rings (SSSR count). The lowest BCUT2D eigenvalue weighted by Gasteiger charge is -2.20. The lowest BCUT2D eigenvalue weighted by molar-refractivity contribution is 0.611. The van der Waals surface area contributed by atoms with Crippen LogP contribution in [0.1, 0.15) is 30.3 Å². The van der Waals surface area contributed by atoms with E-state index in [4.69, 9.17) is 5.73 Å². The average molecular weight is 260 g/mol. The zero-order valence-electron chi connectivity index (χ0n) is 9.26. The van der Waals surface area contributed by atoms with Crippen LogP contribution in [0.3, 0.4) is 0 Å². The van der Waals surface area contributed by atoms with Gasteiger partial charge in [0.1, 0.15) is 5.82 Å². The topological polar surface area (TPSA) is 51.8 Å². The van der Waals surface area contributed by atoms with Crippen molar-refractivity contribution < 1.29 is 0 Å². The minimum absolute atomic E-state index is 0. The van der Waals surface area contributed by atoms with Crippen LogP contribution < -0.4 is 5.73 Å². The Balaban J connectivity index is 0.00000128. The van der Waals surface area contributed by atoms with E-state index >= 15 is 0 Å². The molecule has 1 fully saturated rings. The number of hydrogen-bond donors (Lipinski definition) is 1. The molecule has 1 aromatic heterocycles. The van der Waals surface area contributed by atoms with Crippen LogP contribution in [0.5, 0.6) is 0 Å². The number of thioether (sulfide) groups is 1. The number of nitrogens with zero attached hydrogens (tertiary/aromatic N) is 2. The van der Waals surface area contributed by atoms with E-state index in [0.717, 1.165) is 12.2 Å². The molecule has 0 radical (unpaired) electrons. The van der Waals surface area contributed by atoms with Crippen molar-refractivity contribution in [1.29, 1.82) is 0 Å².